The van der Waals surface area contributed by atoms with Gasteiger partial charge in [-0.15, -0.1) is 0 Å². The van der Waals surface area contributed by atoms with Crippen molar-refractivity contribution in [2.24, 2.45) is 0 Å². The largest absolute Gasteiger partial charge is 0.313 e. The Hall–Kier alpha value is -0.860. The molecule has 0 saturated heterocycles. The highest BCUT2D eigenvalue weighted by atomic mass is 15.2. The maximum atomic E-state index is 3.67. The van der Waals surface area contributed by atoms with Crippen LogP contribution in [0.4, 0.5) is 0 Å². The summed E-state index contributed by atoms with van der Waals surface area (Å²) in [5, 5.41) is 3.67. The van der Waals surface area contributed by atoms with Crippen LogP contribution in [0, 0.1) is 6.92 Å². The monoisotopic (exact) mass is 276 g/mol. The lowest BCUT2D eigenvalue weighted by Crippen LogP contribution is -2.48. The Morgan fingerprint density at radius 2 is 1.85 bits per heavy atom. The van der Waals surface area contributed by atoms with Crippen LogP contribution in [0.15, 0.2) is 24.3 Å². The van der Waals surface area contributed by atoms with Crippen LogP contribution in [-0.2, 0) is 6.54 Å². The zero-order chi connectivity index (χ0) is 15.0. The van der Waals surface area contributed by atoms with Gasteiger partial charge in [-0.2, -0.15) is 0 Å². The highest BCUT2D eigenvalue weighted by Gasteiger charge is 2.22. The van der Waals surface area contributed by atoms with Crippen LogP contribution in [0.3, 0.4) is 0 Å². The summed E-state index contributed by atoms with van der Waals surface area (Å²) in [4.78, 5) is 2.52. The van der Waals surface area contributed by atoms with Crippen LogP contribution in [0.1, 0.15) is 51.2 Å². The highest BCUT2D eigenvalue weighted by Crippen LogP contribution is 2.17. The third kappa shape index (κ3) is 4.92. The molecule has 0 spiro atoms. The molecule has 20 heavy (non-hydrogen) atoms. The van der Waals surface area contributed by atoms with Crippen molar-refractivity contribution in [1.82, 2.24) is 10.2 Å². The van der Waals surface area contributed by atoms with Crippen molar-refractivity contribution >= 4 is 0 Å². The fourth-order valence-electron chi connectivity index (χ4n) is 3.08. The molecule has 1 N–H and O–H groups in total. The second kappa shape index (κ2) is 9.15. The number of rotatable bonds is 9. The third-order valence-corrected chi connectivity index (χ3v) is 4.20. The molecule has 0 saturated carbocycles. The second-order valence-electron chi connectivity index (χ2n) is 5.77. The van der Waals surface area contributed by atoms with Crippen LogP contribution in [0.2, 0.25) is 0 Å². The molecule has 0 aromatic heterocycles. The van der Waals surface area contributed by atoms with E-state index in [4.69, 9.17) is 0 Å². The smallest absolute Gasteiger partial charge is 0.0247 e. The summed E-state index contributed by atoms with van der Waals surface area (Å²) in [7, 11) is 2.26. The van der Waals surface area contributed by atoms with Crippen molar-refractivity contribution in [3.8, 4) is 0 Å². The minimum absolute atomic E-state index is 0.601. The maximum absolute atomic E-state index is 3.67. The number of hydrogen-bond acceptors (Lipinski definition) is 2. The van der Waals surface area contributed by atoms with Crippen LogP contribution < -0.4 is 5.32 Å². The molecule has 2 unspecified atom stereocenters. The van der Waals surface area contributed by atoms with E-state index in [1.54, 1.807) is 0 Å². The van der Waals surface area contributed by atoms with Gasteiger partial charge in [0.2, 0.25) is 0 Å². The molecule has 1 aromatic rings. The lowest BCUT2D eigenvalue weighted by Gasteiger charge is -2.35. The number of likely N-dealkylation sites (N-methyl/N-ethyl adjacent to an activating group) is 2. The molecule has 1 aromatic carbocycles. The van der Waals surface area contributed by atoms with E-state index in [-0.39, 0.29) is 0 Å². The number of aryl methyl sites for hydroxylation is 1. The van der Waals surface area contributed by atoms with E-state index in [9.17, 15) is 0 Å². The van der Waals surface area contributed by atoms with Crippen LogP contribution in [0.5, 0.6) is 0 Å². The topological polar surface area (TPSA) is 15.3 Å². The summed E-state index contributed by atoms with van der Waals surface area (Å²) in [5.41, 5.74) is 2.84. The normalized spacial score (nSPS) is 14.5. The van der Waals surface area contributed by atoms with Gasteiger partial charge >= 0.3 is 0 Å². The molecule has 0 fully saturated rings. The Morgan fingerprint density at radius 3 is 2.40 bits per heavy atom. The molecular formula is C18H32N2. The summed E-state index contributed by atoms with van der Waals surface area (Å²) in [6.45, 7) is 11.1. The van der Waals surface area contributed by atoms with Crippen LogP contribution in [0.25, 0.3) is 0 Å². The molecule has 0 heterocycles. The van der Waals surface area contributed by atoms with E-state index in [1.807, 2.05) is 0 Å². The SMILES string of the molecule is CCCC(NCC)C(CC)N(C)Cc1ccccc1C. The van der Waals surface area contributed by atoms with Crippen LogP contribution in [-0.4, -0.2) is 30.6 Å². The number of nitrogens with zero attached hydrogens (tertiary/aromatic N) is 1. The standard InChI is InChI=1S/C18H32N2/c1-6-11-17(19-8-3)18(7-2)20(5)14-16-13-10-9-12-15(16)4/h9-10,12-13,17-19H,6-8,11,14H2,1-5H3. The lowest BCUT2D eigenvalue weighted by atomic mass is 9.98. The first-order valence-electron chi connectivity index (χ1n) is 8.12. The first kappa shape index (κ1) is 17.2. The predicted molar refractivity (Wildman–Crippen MR) is 89.1 cm³/mol. The number of nitrogens with one attached hydrogen (secondary N) is 1. The quantitative estimate of drug-likeness (QED) is 0.734. The Labute approximate surface area is 125 Å². The Kier molecular flexibility index (Phi) is 7.86. The summed E-state index contributed by atoms with van der Waals surface area (Å²) in [6, 6.07) is 9.93. The molecule has 0 amide bonds. The van der Waals surface area contributed by atoms with E-state index in [2.05, 4.69) is 69.2 Å². The molecule has 0 aliphatic carbocycles. The molecule has 2 atom stereocenters. The van der Waals surface area contributed by atoms with Gasteiger partial charge in [0.05, 0.1) is 0 Å². The lowest BCUT2D eigenvalue weighted by molar-refractivity contribution is 0.173. The van der Waals surface area contributed by atoms with Gasteiger partial charge in [0.1, 0.15) is 0 Å². The van der Waals surface area contributed by atoms with Gasteiger partial charge in [0.25, 0.3) is 0 Å². The van der Waals surface area contributed by atoms with Gasteiger partial charge in [-0.3, -0.25) is 4.90 Å². The van der Waals surface area contributed by atoms with E-state index in [1.165, 1.54) is 30.4 Å². The summed E-state index contributed by atoms with van der Waals surface area (Å²) >= 11 is 0. The van der Waals surface area contributed by atoms with E-state index in [0.29, 0.717) is 12.1 Å². The van der Waals surface area contributed by atoms with Gasteiger partial charge in [-0.1, -0.05) is 51.5 Å². The van der Waals surface area contributed by atoms with Crippen molar-refractivity contribution in [1.29, 1.82) is 0 Å². The minimum Gasteiger partial charge on any atom is -0.313 e. The van der Waals surface area contributed by atoms with Crippen molar-refractivity contribution in [2.75, 3.05) is 13.6 Å². The zero-order valence-electron chi connectivity index (χ0n) is 13.9. The molecule has 0 radical (unpaired) electrons. The molecular weight excluding hydrogens is 244 g/mol. The summed E-state index contributed by atoms with van der Waals surface area (Å²) in [5.74, 6) is 0. The average Bonchev–Trinajstić information content (AvgIpc) is 2.43. The van der Waals surface area contributed by atoms with Gasteiger partial charge in [0.15, 0.2) is 0 Å². The Bertz CT molecular complexity index is 369. The molecule has 2 nitrogen and oxygen atoms in total. The van der Waals surface area contributed by atoms with Crippen molar-refractivity contribution in [3.63, 3.8) is 0 Å². The fraction of sp³-hybridized carbons (Fsp3) is 0.667. The first-order valence-corrected chi connectivity index (χ1v) is 8.12. The third-order valence-electron chi connectivity index (χ3n) is 4.20. The van der Waals surface area contributed by atoms with E-state index >= 15 is 0 Å². The van der Waals surface area contributed by atoms with Gasteiger partial charge in [-0.25, -0.2) is 0 Å². The average molecular weight is 276 g/mol. The summed E-state index contributed by atoms with van der Waals surface area (Å²) in [6.07, 6.45) is 3.69. The minimum atomic E-state index is 0.601. The molecule has 1 rings (SSSR count). The Morgan fingerprint density at radius 1 is 1.15 bits per heavy atom. The maximum Gasteiger partial charge on any atom is 0.0247 e. The van der Waals surface area contributed by atoms with Crippen molar-refractivity contribution < 1.29 is 0 Å². The summed E-state index contributed by atoms with van der Waals surface area (Å²) < 4.78 is 0. The number of benzene rings is 1. The van der Waals surface area contributed by atoms with E-state index < -0.39 is 0 Å². The molecule has 2 heteroatoms. The van der Waals surface area contributed by atoms with E-state index in [0.717, 1.165) is 13.1 Å². The molecule has 114 valence electrons. The number of hydrogen-bond donors (Lipinski definition) is 1. The predicted octanol–water partition coefficient (Wildman–Crippen LogP) is 3.98. The van der Waals surface area contributed by atoms with Gasteiger partial charge in [-0.05, 0) is 44.5 Å². The second-order valence-corrected chi connectivity index (χ2v) is 5.77. The van der Waals surface area contributed by atoms with Gasteiger partial charge in [0, 0.05) is 18.6 Å². The molecule has 0 aliphatic rings. The van der Waals surface area contributed by atoms with Crippen molar-refractivity contribution in [3.05, 3.63) is 35.4 Å². The first-order chi connectivity index (χ1) is 9.63. The Balaban J connectivity index is 2.74. The van der Waals surface area contributed by atoms with Crippen molar-refractivity contribution in [2.45, 2.75) is 65.6 Å². The highest BCUT2D eigenvalue weighted by molar-refractivity contribution is 5.25. The zero-order valence-corrected chi connectivity index (χ0v) is 13.9. The molecule has 0 aliphatic heterocycles. The molecule has 0 bridgehead atoms. The fourth-order valence-corrected chi connectivity index (χ4v) is 3.08. The van der Waals surface area contributed by atoms with Crippen LogP contribution >= 0.6 is 0 Å². The van der Waals surface area contributed by atoms with Gasteiger partial charge < -0.3 is 5.32 Å².